The molecular formula is C11H12N6O. The first-order chi connectivity index (χ1) is 8.75. The number of carbonyl (C=O) groups excluding carboxylic acids is 1. The normalized spacial score (nSPS) is 17.6. The third-order valence-corrected chi connectivity index (χ3v) is 2.98. The molecule has 0 fully saturated rings. The second-order valence-corrected chi connectivity index (χ2v) is 4.17. The van der Waals surface area contributed by atoms with Gasteiger partial charge in [0.1, 0.15) is 6.04 Å². The number of hydrogen-bond donors (Lipinski definition) is 3. The quantitative estimate of drug-likeness (QED) is 0.721. The van der Waals surface area contributed by atoms with Gasteiger partial charge in [0, 0.05) is 11.3 Å². The molecule has 2 heterocycles. The smallest absolute Gasteiger partial charge is 0.246 e. The molecule has 0 radical (unpaired) electrons. The van der Waals surface area contributed by atoms with Crippen molar-refractivity contribution in [3.8, 4) is 0 Å². The Bertz CT molecular complexity index is 579. The van der Waals surface area contributed by atoms with Gasteiger partial charge in [0.2, 0.25) is 5.91 Å². The summed E-state index contributed by atoms with van der Waals surface area (Å²) in [6.07, 6.45) is 0. The third-order valence-electron chi connectivity index (χ3n) is 2.98. The predicted molar refractivity (Wildman–Crippen MR) is 63.6 cm³/mol. The Kier molecular flexibility index (Phi) is 2.52. The molecule has 3 N–H and O–H groups in total. The Labute approximate surface area is 103 Å². The van der Waals surface area contributed by atoms with Crippen LogP contribution >= 0.6 is 0 Å². The van der Waals surface area contributed by atoms with Crippen molar-refractivity contribution in [3.63, 3.8) is 0 Å². The summed E-state index contributed by atoms with van der Waals surface area (Å²) in [6.45, 7) is 2.36. The lowest BCUT2D eigenvalue weighted by Crippen LogP contribution is -2.27. The van der Waals surface area contributed by atoms with Crippen LogP contribution in [-0.4, -0.2) is 26.5 Å². The summed E-state index contributed by atoms with van der Waals surface area (Å²) < 4.78 is 0. The first-order valence-corrected chi connectivity index (χ1v) is 5.62. The molecule has 0 spiro atoms. The highest BCUT2D eigenvalue weighted by Crippen LogP contribution is 2.33. The van der Waals surface area contributed by atoms with Crippen molar-refractivity contribution < 1.29 is 4.79 Å². The largest absolute Gasteiger partial charge is 0.324 e. The number of aromatic nitrogens is 4. The Morgan fingerprint density at radius 2 is 2.33 bits per heavy atom. The highest BCUT2D eigenvalue weighted by Gasteiger charge is 2.30. The van der Waals surface area contributed by atoms with E-state index in [1.54, 1.807) is 0 Å². The molecule has 3 rings (SSSR count). The van der Waals surface area contributed by atoms with Crippen LogP contribution in [0.15, 0.2) is 18.2 Å². The molecule has 0 saturated heterocycles. The van der Waals surface area contributed by atoms with Crippen LogP contribution in [0.4, 0.5) is 5.69 Å². The van der Waals surface area contributed by atoms with Gasteiger partial charge in [0.05, 0.1) is 6.54 Å². The lowest BCUT2D eigenvalue weighted by molar-refractivity contribution is -0.117. The van der Waals surface area contributed by atoms with E-state index in [-0.39, 0.29) is 11.9 Å². The molecule has 0 bridgehead atoms. The fourth-order valence-corrected chi connectivity index (χ4v) is 2.09. The van der Waals surface area contributed by atoms with Crippen LogP contribution < -0.4 is 10.6 Å². The third kappa shape index (κ3) is 1.74. The number of carbonyl (C=O) groups is 1. The maximum Gasteiger partial charge on any atom is 0.246 e. The summed E-state index contributed by atoms with van der Waals surface area (Å²) >= 11 is 0. The number of benzene rings is 1. The summed E-state index contributed by atoms with van der Waals surface area (Å²) in [6, 6.07) is 5.49. The fraction of sp³-hybridized carbons (Fsp3) is 0.273. The van der Waals surface area contributed by atoms with E-state index in [1.165, 1.54) is 0 Å². The van der Waals surface area contributed by atoms with Gasteiger partial charge in [-0.1, -0.05) is 23.4 Å². The lowest BCUT2D eigenvalue weighted by atomic mass is 10.1. The van der Waals surface area contributed by atoms with Crippen LogP contribution in [0.5, 0.6) is 0 Å². The summed E-state index contributed by atoms with van der Waals surface area (Å²) in [5.74, 6) is 0.478. The van der Waals surface area contributed by atoms with Gasteiger partial charge in [-0.15, -0.1) is 10.2 Å². The van der Waals surface area contributed by atoms with Gasteiger partial charge in [0.25, 0.3) is 0 Å². The van der Waals surface area contributed by atoms with Crippen LogP contribution in [0.1, 0.15) is 23.0 Å². The number of hydrogen-bond acceptors (Lipinski definition) is 5. The van der Waals surface area contributed by atoms with E-state index in [4.69, 9.17) is 0 Å². The molecule has 1 aliphatic heterocycles. The van der Waals surface area contributed by atoms with Crippen LogP contribution in [0.3, 0.4) is 0 Å². The topological polar surface area (TPSA) is 95.6 Å². The second kappa shape index (κ2) is 4.19. The van der Waals surface area contributed by atoms with Gasteiger partial charge in [-0.25, -0.2) is 0 Å². The van der Waals surface area contributed by atoms with Crippen LogP contribution in [0.25, 0.3) is 0 Å². The number of anilines is 1. The molecule has 7 heteroatoms. The monoisotopic (exact) mass is 244 g/mol. The van der Waals surface area contributed by atoms with E-state index in [0.717, 1.165) is 16.8 Å². The van der Waals surface area contributed by atoms with Crippen LogP contribution in [-0.2, 0) is 11.3 Å². The predicted octanol–water partition coefficient (Wildman–Crippen LogP) is 0.291. The minimum Gasteiger partial charge on any atom is -0.324 e. The van der Waals surface area contributed by atoms with Crippen molar-refractivity contribution >= 4 is 11.6 Å². The molecule has 1 aliphatic rings. The molecule has 0 saturated carbocycles. The van der Waals surface area contributed by atoms with Crippen LogP contribution in [0, 0.1) is 6.92 Å². The number of para-hydroxylation sites is 1. The average molecular weight is 244 g/mol. The number of amides is 1. The van der Waals surface area contributed by atoms with Crippen LogP contribution in [0.2, 0.25) is 0 Å². The summed E-state index contributed by atoms with van der Waals surface area (Å²) in [5, 5.41) is 19.5. The minimum atomic E-state index is -0.363. The first-order valence-electron chi connectivity index (χ1n) is 5.62. The summed E-state index contributed by atoms with van der Waals surface area (Å²) in [7, 11) is 0. The zero-order valence-electron chi connectivity index (χ0n) is 9.77. The van der Waals surface area contributed by atoms with Gasteiger partial charge in [-0.3, -0.25) is 10.1 Å². The van der Waals surface area contributed by atoms with E-state index in [0.29, 0.717) is 12.4 Å². The highest BCUT2D eigenvalue weighted by atomic mass is 16.2. The van der Waals surface area contributed by atoms with E-state index in [1.807, 2.05) is 25.1 Å². The second-order valence-electron chi connectivity index (χ2n) is 4.17. The van der Waals surface area contributed by atoms with Gasteiger partial charge in [-0.2, -0.15) is 5.21 Å². The molecule has 92 valence electrons. The minimum absolute atomic E-state index is 0.0530. The number of nitrogens with one attached hydrogen (secondary N) is 3. The van der Waals surface area contributed by atoms with Gasteiger partial charge in [-0.05, 0) is 12.5 Å². The van der Waals surface area contributed by atoms with Crippen molar-refractivity contribution in [2.45, 2.75) is 19.5 Å². The van der Waals surface area contributed by atoms with Crippen molar-refractivity contribution in [1.82, 2.24) is 25.9 Å². The summed E-state index contributed by atoms with van der Waals surface area (Å²) in [5.41, 5.74) is 2.92. The highest BCUT2D eigenvalue weighted by molar-refractivity contribution is 6.03. The molecule has 1 atom stereocenters. The van der Waals surface area contributed by atoms with E-state index in [2.05, 4.69) is 31.3 Å². The molecule has 1 aromatic carbocycles. The van der Waals surface area contributed by atoms with E-state index >= 15 is 0 Å². The summed E-state index contributed by atoms with van der Waals surface area (Å²) in [4.78, 5) is 11.9. The number of nitrogens with zero attached hydrogens (tertiary/aromatic N) is 3. The number of H-pyrrole nitrogens is 1. The number of fused-ring (bicyclic) bond motifs is 1. The average Bonchev–Trinajstić information content (AvgIpc) is 2.95. The maximum atomic E-state index is 11.9. The Morgan fingerprint density at radius 3 is 3.11 bits per heavy atom. The number of rotatable bonds is 3. The van der Waals surface area contributed by atoms with Gasteiger partial charge < -0.3 is 5.32 Å². The van der Waals surface area contributed by atoms with Crippen molar-refractivity contribution in [1.29, 1.82) is 0 Å². The van der Waals surface area contributed by atoms with Crippen molar-refractivity contribution in [2.24, 2.45) is 0 Å². The molecule has 1 amide bonds. The maximum absolute atomic E-state index is 11.9. The molecule has 1 aromatic heterocycles. The first kappa shape index (κ1) is 10.8. The molecule has 0 aliphatic carbocycles. The Morgan fingerprint density at radius 1 is 1.44 bits per heavy atom. The number of aromatic amines is 1. The fourth-order valence-electron chi connectivity index (χ4n) is 2.09. The van der Waals surface area contributed by atoms with Gasteiger partial charge in [0.15, 0.2) is 5.82 Å². The number of aryl methyl sites for hydroxylation is 1. The van der Waals surface area contributed by atoms with E-state index in [9.17, 15) is 4.79 Å². The van der Waals surface area contributed by atoms with E-state index < -0.39 is 0 Å². The standard InChI is InChI=1S/C11H12N6O/c1-6-3-2-4-7-9(6)13-11(18)10(7)12-5-8-14-16-17-15-8/h2-4,10,12H,5H2,1H3,(H,13,18)(H,14,15,16,17). The molecular weight excluding hydrogens is 232 g/mol. The SMILES string of the molecule is Cc1cccc2c1NC(=O)C2NCc1nn[nH]n1. The van der Waals surface area contributed by atoms with Crippen molar-refractivity contribution in [2.75, 3.05) is 5.32 Å². The zero-order valence-corrected chi connectivity index (χ0v) is 9.77. The molecule has 1 unspecified atom stereocenters. The number of tetrazole rings is 1. The van der Waals surface area contributed by atoms with Gasteiger partial charge >= 0.3 is 0 Å². The molecule has 7 nitrogen and oxygen atoms in total. The Hall–Kier alpha value is -2.28. The molecule has 2 aromatic rings. The Balaban J connectivity index is 1.81. The zero-order chi connectivity index (χ0) is 12.5. The molecule has 18 heavy (non-hydrogen) atoms. The van der Waals surface area contributed by atoms with Crippen molar-refractivity contribution in [3.05, 3.63) is 35.2 Å². The lowest BCUT2D eigenvalue weighted by Gasteiger charge is -2.09.